The lowest BCUT2D eigenvalue weighted by molar-refractivity contribution is 0.601. The molecule has 16 heavy (non-hydrogen) atoms. The number of rotatable bonds is 2. The number of aromatic amines is 1. The summed E-state index contributed by atoms with van der Waals surface area (Å²) in [5.41, 5.74) is 2.13. The van der Waals surface area contributed by atoms with Crippen LogP contribution in [0.5, 0.6) is 0 Å². The number of imidazole rings is 1. The fourth-order valence-corrected chi connectivity index (χ4v) is 2.80. The summed E-state index contributed by atoms with van der Waals surface area (Å²) in [4.78, 5) is 7.59. The van der Waals surface area contributed by atoms with Crippen molar-refractivity contribution in [3.8, 4) is 0 Å². The van der Waals surface area contributed by atoms with E-state index in [4.69, 9.17) is 11.6 Å². The molecule has 1 heterocycles. The van der Waals surface area contributed by atoms with E-state index in [0.717, 1.165) is 5.52 Å². The van der Waals surface area contributed by atoms with Gasteiger partial charge in [0.2, 0.25) is 0 Å². The van der Waals surface area contributed by atoms with E-state index < -0.39 is 9.84 Å². The number of nitrogens with zero attached hydrogens (tertiary/aromatic N) is 1. The Morgan fingerprint density at radius 1 is 1.44 bits per heavy atom. The van der Waals surface area contributed by atoms with E-state index in [9.17, 15) is 8.42 Å². The van der Waals surface area contributed by atoms with Crippen molar-refractivity contribution in [3.05, 3.63) is 23.5 Å². The molecule has 0 radical (unpaired) electrons. The number of benzene rings is 1. The molecule has 2 rings (SSSR count). The highest BCUT2D eigenvalue weighted by Crippen LogP contribution is 2.23. The Hall–Kier alpha value is -1.07. The number of hydrogen-bond donors (Lipinski definition) is 1. The third-order valence-electron chi connectivity index (χ3n) is 2.43. The van der Waals surface area contributed by atoms with Crippen molar-refractivity contribution in [3.63, 3.8) is 0 Å². The zero-order chi connectivity index (χ0) is 11.9. The molecule has 4 nitrogen and oxygen atoms in total. The number of aryl methyl sites for hydroxylation is 1. The topological polar surface area (TPSA) is 62.8 Å². The molecule has 0 atom stereocenters. The van der Waals surface area contributed by atoms with Gasteiger partial charge < -0.3 is 4.98 Å². The van der Waals surface area contributed by atoms with Crippen LogP contribution in [0.25, 0.3) is 11.0 Å². The molecule has 0 saturated carbocycles. The van der Waals surface area contributed by atoms with Crippen LogP contribution < -0.4 is 0 Å². The summed E-state index contributed by atoms with van der Waals surface area (Å²) < 4.78 is 23.0. The molecule has 1 N–H and O–H groups in total. The van der Waals surface area contributed by atoms with E-state index in [-0.39, 0.29) is 5.88 Å². The second kappa shape index (κ2) is 3.75. The first-order valence-corrected chi connectivity index (χ1v) is 7.10. The molecule has 2 aromatic rings. The van der Waals surface area contributed by atoms with Gasteiger partial charge in [0, 0.05) is 6.26 Å². The van der Waals surface area contributed by atoms with E-state index in [1.54, 1.807) is 19.1 Å². The van der Waals surface area contributed by atoms with Gasteiger partial charge in [-0.05, 0) is 24.6 Å². The number of alkyl halides is 1. The largest absolute Gasteiger partial charge is 0.341 e. The average Bonchev–Trinajstić information content (AvgIpc) is 2.60. The lowest BCUT2D eigenvalue weighted by Gasteiger charge is -2.02. The first-order chi connectivity index (χ1) is 7.43. The number of aromatic nitrogens is 2. The molecule has 86 valence electrons. The molecular formula is C10H11ClN2O2S. The maximum atomic E-state index is 11.5. The number of H-pyrrole nitrogens is 1. The summed E-state index contributed by atoms with van der Waals surface area (Å²) >= 11 is 5.67. The maximum absolute atomic E-state index is 11.5. The first-order valence-electron chi connectivity index (χ1n) is 4.67. The van der Waals surface area contributed by atoms with Gasteiger partial charge in [-0.1, -0.05) is 0 Å². The summed E-state index contributed by atoms with van der Waals surface area (Å²) in [7, 11) is -3.21. The van der Waals surface area contributed by atoms with Gasteiger partial charge in [0.1, 0.15) is 5.82 Å². The van der Waals surface area contributed by atoms with Crippen molar-refractivity contribution in [2.24, 2.45) is 0 Å². The van der Waals surface area contributed by atoms with Crippen LogP contribution in [0.2, 0.25) is 0 Å². The molecule has 0 saturated heterocycles. The third-order valence-corrected chi connectivity index (χ3v) is 3.93. The predicted octanol–water partition coefficient (Wildman–Crippen LogP) is 2.01. The van der Waals surface area contributed by atoms with Crippen LogP contribution in [0.4, 0.5) is 0 Å². The Labute approximate surface area is 98.6 Å². The molecule has 0 unspecified atom stereocenters. The highest BCUT2D eigenvalue weighted by molar-refractivity contribution is 7.90. The van der Waals surface area contributed by atoms with Crippen LogP contribution in [-0.4, -0.2) is 24.6 Å². The molecule has 0 aliphatic rings. The molecule has 0 spiro atoms. The molecule has 0 aliphatic carbocycles. The average molecular weight is 259 g/mol. The first kappa shape index (κ1) is 11.4. The standard InChI is InChI=1S/C10H11ClN2O2S/c1-6-8(16(2,14)15)4-3-7-10(6)13-9(5-11)12-7/h3-4H,5H2,1-2H3,(H,12,13). The number of halogens is 1. The minimum absolute atomic E-state index is 0.280. The lowest BCUT2D eigenvalue weighted by atomic mass is 10.2. The Kier molecular flexibility index (Phi) is 2.67. The molecule has 0 bridgehead atoms. The van der Waals surface area contributed by atoms with Crippen molar-refractivity contribution in [1.29, 1.82) is 0 Å². The summed E-state index contributed by atoms with van der Waals surface area (Å²) in [5.74, 6) is 0.924. The fourth-order valence-electron chi connectivity index (χ4n) is 1.71. The van der Waals surface area contributed by atoms with Gasteiger partial charge in [0.05, 0.1) is 21.8 Å². The molecule has 1 aromatic heterocycles. The number of fused-ring (bicyclic) bond motifs is 1. The summed E-state index contributed by atoms with van der Waals surface area (Å²) in [5, 5.41) is 0. The monoisotopic (exact) mass is 258 g/mol. The maximum Gasteiger partial charge on any atom is 0.175 e. The molecule has 0 amide bonds. The van der Waals surface area contributed by atoms with Crippen LogP contribution in [0.3, 0.4) is 0 Å². The molecule has 0 aliphatic heterocycles. The smallest absolute Gasteiger partial charge is 0.175 e. The Balaban J connectivity index is 2.79. The van der Waals surface area contributed by atoms with Crippen molar-refractivity contribution >= 4 is 32.5 Å². The van der Waals surface area contributed by atoms with Gasteiger partial charge >= 0.3 is 0 Å². The quantitative estimate of drug-likeness (QED) is 0.839. The second-order valence-corrected chi connectivity index (χ2v) is 5.93. The van der Waals surface area contributed by atoms with E-state index in [0.29, 0.717) is 21.8 Å². The van der Waals surface area contributed by atoms with Gasteiger partial charge in [0.15, 0.2) is 9.84 Å². The highest BCUT2D eigenvalue weighted by atomic mass is 35.5. The number of hydrogen-bond acceptors (Lipinski definition) is 3. The molecule has 0 fully saturated rings. The minimum Gasteiger partial charge on any atom is -0.341 e. The van der Waals surface area contributed by atoms with E-state index in [2.05, 4.69) is 9.97 Å². The normalized spacial score (nSPS) is 12.2. The van der Waals surface area contributed by atoms with Gasteiger partial charge in [-0.15, -0.1) is 11.6 Å². The van der Waals surface area contributed by atoms with E-state index in [1.165, 1.54) is 6.26 Å². The van der Waals surface area contributed by atoms with Crippen LogP contribution in [0, 0.1) is 6.92 Å². The Bertz CT molecular complexity index is 646. The van der Waals surface area contributed by atoms with E-state index in [1.807, 2.05) is 0 Å². The zero-order valence-electron chi connectivity index (χ0n) is 8.91. The summed E-state index contributed by atoms with van der Waals surface area (Å²) in [6, 6.07) is 3.30. The second-order valence-electron chi connectivity index (χ2n) is 3.67. The van der Waals surface area contributed by atoms with Crippen LogP contribution >= 0.6 is 11.6 Å². The van der Waals surface area contributed by atoms with Gasteiger partial charge in [-0.25, -0.2) is 13.4 Å². The van der Waals surface area contributed by atoms with Crippen molar-refractivity contribution < 1.29 is 8.42 Å². The van der Waals surface area contributed by atoms with Crippen molar-refractivity contribution in [1.82, 2.24) is 9.97 Å². The van der Waals surface area contributed by atoms with Crippen molar-refractivity contribution in [2.45, 2.75) is 17.7 Å². The molecule has 1 aromatic carbocycles. The van der Waals surface area contributed by atoms with E-state index >= 15 is 0 Å². The van der Waals surface area contributed by atoms with Crippen LogP contribution in [-0.2, 0) is 15.7 Å². The number of sulfone groups is 1. The SMILES string of the molecule is Cc1c(S(C)(=O)=O)ccc2[nH]c(CCl)nc12. The molecule has 6 heteroatoms. The fraction of sp³-hybridized carbons (Fsp3) is 0.300. The van der Waals surface area contributed by atoms with Gasteiger partial charge in [0.25, 0.3) is 0 Å². The predicted molar refractivity (Wildman–Crippen MR) is 63.5 cm³/mol. The van der Waals surface area contributed by atoms with Crippen molar-refractivity contribution in [2.75, 3.05) is 6.26 Å². The van der Waals surface area contributed by atoms with Gasteiger partial charge in [-0.2, -0.15) is 0 Å². The summed E-state index contributed by atoms with van der Waals surface area (Å²) in [6.07, 6.45) is 1.19. The van der Waals surface area contributed by atoms with Gasteiger partial charge in [-0.3, -0.25) is 0 Å². The number of nitrogens with one attached hydrogen (secondary N) is 1. The van der Waals surface area contributed by atoms with Crippen LogP contribution in [0.1, 0.15) is 11.4 Å². The Morgan fingerprint density at radius 3 is 2.69 bits per heavy atom. The summed E-state index contributed by atoms with van der Waals surface area (Å²) in [6.45, 7) is 1.75. The zero-order valence-corrected chi connectivity index (χ0v) is 10.5. The van der Waals surface area contributed by atoms with Crippen LogP contribution in [0.15, 0.2) is 17.0 Å². The highest BCUT2D eigenvalue weighted by Gasteiger charge is 2.15. The molecular weight excluding hydrogens is 248 g/mol. The minimum atomic E-state index is -3.21. The Morgan fingerprint density at radius 2 is 2.12 bits per heavy atom. The lowest BCUT2D eigenvalue weighted by Crippen LogP contribution is -2.00. The third kappa shape index (κ3) is 1.81.